The van der Waals surface area contributed by atoms with E-state index in [-0.39, 0.29) is 0 Å². The van der Waals surface area contributed by atoms with Crippen LogP contribution < -0.4 is 14.8 Å². The van der Waals surface area contributed by atoms with Gasteiger partial charge in [-0.1, -0.05) is 55.3 Å². The highest BCUT2D eigenvalue weighted by atomic mass is 16.5. The first kappa shape index (κ1) is 16.8. The van der Waals surface area contributed by atoms with E-state index in [1.54, 1.807) is 0 Å². The molecule has 3 nitrogen and oxygen atoms in total. The van der Waals surface area contributed by atoms with Crippen LogP contribution in [-0.2, 0) is 13.2 Å². The van der Waals surface area contributed by atoms with E-state index in [0.717, 1.165) is 18.0 Å². The Hall–Kier alpha value is -2.00. The predicted molar refractivity (Wildman–Crippen MR) is 97.5 cm³/mol. The van der Waals surface area contributed by atoms with Crippen molar-refractivity contribution in [3.63, 3.8) is 0 Å². The summed E-state index contributed by atoms with van der Waals surface area (Å²) in [6.45, 7) is 4.03. The van der Waals surface area contributed by atoms with Gasteiger partial charge in [-0.25, -0.2) is 0 Å². The van der Waals surface area contributed by atoms with Gasteiger partial charge < -0.3 is 14.8 Å². The van der Waals surface area contributed by atoms with Crippen molar-refractivity contribution in [2.24, 2.45) is 0 Å². The molecule has 0 atom stereocenters. The van der Waals surface area contributed by atoms with E-state index in [1.165, 1.54) is 36.8 Å². The minimum atomic E-state index is 0.557. The van der Waals surface area contributed by atoms with Gasteiger partial charge in [-0.2, -0.15) is 0 Å². The third kappa shape index (κ3) is 4.51. The Morgan fingerprint density at radius 2 is 1.75 bits per heavy atom. The number of para-hydroxylation sites is 1. The van der Waals surface area contributed by atoms with E-state index in [1.807, 2.05) is 37.3 Å². The van der Waals surface area contributed by atoms with Crippen molar-refractivity contribution >= 4 is 0 Å². The second-order valence-electron chi connectivity index (χ2n) is 6.31. The maximum atomic E-state index is 6.16. The Morgan fingerprint density at radius 1 is 0.958 bits per heavy atom. The summed E-state index contributed by atoms with van der Waals surface area (Å²) in [7, 11) is 0. The molecule has 1 aliphatic rings. The lowest BCUT2D eigenvalue weighted by atomic mass is 10.1. The Labute approximate surface area is 145 Å². The summed E-state index contributed by atoms with van der Waals surface area (Å²) in [5.41, 5.74) is 2.34. The minimum Gasteiger partial charge on any atom is -0.490 e. The summed E-state index contributed by atoms with van der Waals surface area (Å²) < 4.78 is 11.9. The van der Waals surface area contributed by atoms with Gasteiger partial charge in [0.25, 0.3) is 0 Å². The van der Waals surface area contributed by atoms with Crippen molar-refractivity contribution in [1.29, 1.82) is 0 Å². The van der Waals surface area contributed by atoms with Gasteiger partial charge in [-0.15, -0.1) is 0 Å². The quantitative estimate of drug-likeness (QED) is 0.763. The maximum absolute atomic E-state index is 6.16. The molecule has 3 heteroatoms. The highest BCUT2D eigenvalue weighted by Gasteiger charge is 2.16. The van der Waals surface area contributed by atoms with Crippen LogP contribution in [-0.4, -0.2) is 12.6 Å². The highest BCUT2D eigenvalue weighted by molar-refractivity contribution is 5.46. The molecule has 1 fully saturated rings. The average Bonchev–Trinajstić information content (AvgIpc) is 3.14. The third-order valence-electron chi connectivity index (χ3n) is 4.52. The molecule has 2 aromatic rings. The molecule has 0 bridgehead atoms. The zero-order valence-corrected chi connectivity index (χ0v) is 14.5. The van der Waals surface area contributed by atoms with Gasteiger partial charge in [0.1, 0.15) is 6.61 Å². The Kier molecular flexibility index (Phi) is 6.13. The van der Waals surface area contributed by atoms with Crippen molar-refractivity contribution in [1.82, 2.24) is 5.32 Å². The molecule has 1 N–H and O–H groups in total. The van der Waals surface area contributed by atoms with E-state index in [4.69, 9.17) is 9.47 Å². The molecule has 0 saturated heterocycles. The fourth-order valence-corrected chi connectivity index (χ4v) is 3.25. The largest absolute Gasteiger partial charge is 0.490 e. The Morgan fingerprint density at radius 3 is 2.50 bits per heavy atom. The molecule has 0 heterocycles. The molecular formula is C21H27NO2. The van der Waals surface area contributed by atoms with Crippen LogP contribution in [0, 0.1) is 0 Å². The van der Waals surface area contributed by atoms with Crippen molar-refractivity contribution < 1.29 is 9.47 Å². The monoisotopic (exact) mass is 325 g/mol. The number of hydrogen-bond donors (Lipinski definition) is 1. The van der Waals surface area contributed by atoms with Gasteiger partial charge in [0.05, 0.1) is 6.61 Å². The number of nitrogens with one attached hydrogen (secondary N) is 1. The normalized spacial score (nSPS) is 14.7. The van der Waals surface area contributed by atoms with Gasteiger partial charge in [-0.05, 0) is 31.4 Å². The third-order valence-corrected chi connectivity index (χ3v) is 4.52. The zero-order valence-electron chi connectivity index (χ0n) is 14.5. The summed E-state index contributed by atoms with van der Waals surface area (Å²) in [5, 5.41) is 3.67. The smallest absolute Gasteiger partial charge is 0.166 e. The van der Waals surface area contributed by atoms with Gasteiger partial charge in [0, 0.05) is 18.2 Å². The molecule has 1 saturated carbocycles. The van der Waals surface area contributed by atoms with E-state index < -0.39 is 0 Å². The van der Waals surface area contributed by atoms with Gasteiger partial charge >= 0.3 is 0 Å². The summed E-state index contributed by atoms with van der Waals surface area (Å²) in [6.07, 6.45) is 5.25. The van der Waals surface area contributed by atoms with Crippen LogP contribution in [0.3, 0.4) is 0 Å². The summed E-state index contributed by atoms with van der Waals surface area (Å²) >= 11 is 0. The van der Waals surface area contributed by atoms with E-state index >= 15 is 0 Å². The second-order valence-corrected chi connectivity index (χ2v) is 6.31. The summed E-state index contributed by atoms with van der Waals surface area (Å²) in [5.74, 6) is 1.70. The molecule has 0 radical (unpaired) electrons. The second kappa shape index (κ2) is 8.74. The first-order valence-electron chi connectivity index (χ1n) is 9.01. The van der Waals surface area contributed by atoms with Crippen LogP contribution in [0.5, 0.6) is 11.5 Å². The Balaban J connectivity index is 1.72. The fraction of sp³-hybridized carbons (Fsp3) is 0.429. The zero-order chi connectivity index (χ0) is 16.6. The van der Waals surface area contributed by atoms with Crippen molar-refractivity contribution in [2.75, 3.05) is 6.61 Å². The first-order valence-corrected chi connectivity index (χ1v) is 9.01. The van der Waals surface area contributed by atoms with E-state index in [9.17, 15) is 0 Å². The predicted octanol–water partition coefficient (Wildman–Crippen LogP) is 4.70. The van der Waals surface area contributed by atoms with Crippen molar-refractivity contribution in [2.45, 2.75) is 51.8 Å². The molecule has 128 valence electrons. The minimum absolute atomic E-state index is 0.557. The molecule has 1 aliphatic carbocycles. The number of benzene rings is 2. The fourth-order valence-electron chi connectivity index (χ4n) is 3.25. The summed E-state index contributed by atoms with van der Waals surface area (Å²) in [4.78, 5) is 0. The van der Waals surface area contributed by atoms with Crippen molar-refractivity contribution in [3.8, 4) is 11.5 Å². The van der Waals surface area contributed by atoms with Crippen LogP contribution >= 0.6 is 0 Å². The van der Waals surface area contributed by atoms with Crippen LogP contribution in [0.4, 0.5) is 0 Å². The average molecular weight is 325 g/mol. The molecule has 0 aromatic heterocycles. The van der Waals surface area contributed by atoms with Crippen molar-refractivity contribution in [3.05, 3.63) is 59.7 Å². The molecule has 0 unspecified atom stereocenters. The van der Waals surface area contributed by atoms with Crippen LogP contribution in [0.2, 0.25) is 0 Å². The van der Waals surface area contributed by atoms with Gasteiger partial charge in [0.2, 0.25) is 0 Å². The topological polar surface area (TPSA) is 30.5 Å². The van der Waals surface area contributed by atoms with Crippen LogP contribution in [0.1, 0.15) is 43.7 Å². The highest BCUT2D eigenvalue weighted by Crippen LogP contribution is 2.32. The molecular weight excluding hydrogens is 298 g/mol. The number of hydrogen-bond acceptors (Lipinski definition) is 3. The van der Waals surface area contributed by atoms with E-state index in [0.29, 0.717) is 19.3 Å². The molecule has 0 aliphatic heterocycles. The molecule has 0 spiro atoms. The van der Waals surface area contributed by atoms with Gasteiger partial charge in [-0.3, -0.25) is 0 Å². The maximum Gasteiger partial charge on any atom is 0.166 e. The molecule has 2 aromatic carbocycles. The summed E-state index contributed by atoms with van der Waals surface area (Å²) in [6, 6.07) is 17.1. The Bertz CT molecular complexity index is 621. The molecule has 24 heavy (non-hydrogen) atoms. The SMILES string of the molecule is CCOc1cccc(CNC2CCCC2)c1OCc1ccccc1. The molecule has 3 rings (SSSR count). The van der Waals surface area contributed by atoms with Crippen LogP contribution in [0.25, 0.3) is 0 Å². The molecule has 0 amide bonds. The van der Waals surface area contributed by atoms with Crippen LogP contribution in [0.15, 0.2) is 48.5 Å². The lowest BCUT2D eigenvalue weighted by Crippen LogP contribution is -2.25. The lowest BCUT2D eigenvalue weighted by Gasteiger charge is -2.18. The first-order chi connectivity index (χ1) is 11.9. The standard InChI is InChI=1S/C21H27NO2/c1-2-23-20-14-8-11-18(15-22-19-12-6-7-13-19)21(20)24-16-17-9-4-3-5-10-17/h3-5,8-11,14,19,22H,2,6-7,12-13,15-16H2,1H3. The number of rotatable bonds is 8. The van der Waals surface area contributed by atoms with Gasteiger partial charge in [0.15, 0.2) is 11.5 Å². The number of ether oxygens (including phenoxy) is 2. The van der Waals surface area contributed by atoms with E-state index in [2.05, 4.69) is 23.5 Å². The lowest BCUT2D eigenvalue weighted by molar-refractivity contribution is 0.265.